The molecule has 0 spiro atoms. The van der Waals surface area contributed by atoms with Gasteiger partial charge >= 0.3 is 0 Å². The predicted molar refractivity (Wildman–Crippen MR) is 83.0 cm³/mol. The molecule has 0 unspecified atom stereocenters. The monoisotopic (exact) mass is 329 g/mol. The number of carbonyl (C=O) groups excluding carboxylic acids is 1. The highest BCUT2D eigenvalue weighted by Crippen LogP contribution is 2.28. The first kappa shape index (κ1) is 16.3. The van der Waals surface area contributed by atoms with Crippen LogP contribution in [-0.4, -0.2) is 42.8 Å². The molecule has 1 fully saturated rings. The van der Waals surface area contributed by atoms with Gasteiger partial charge in [0.1, 0.15) is 5.75 Å². The molecule has 0 N–H and O–H groups in total. The molecule has 0 radical (unpaired) electrons. The van der Waals surface area contributed by atoms with Gasteiger partial charge in [-0.05, 0) is 37.6 Å². The van der Waals surface area contributed by atoms with Crippen molar-refractivity contribution in [3.8, 4) is 5.75 Å². The summed E-state index contributed by atoms with van der Waals surface area (Å²) in [5, 5.41) is 0.0836. The average molecular weight is 329 g/mol. The van der Waals surface area contributed by atoms with Gasteiger partial charge in [0, 0.05) is 25.3 Å². The molecule has 2 rings (SSSR count). The molecule has 116 valence electrons. The van der Waals surface area contributed by atoms with Crippen LogP contribution >= 0.6 is 11.8 Å². The summed E-state index contributed by atoms with van der Waals surface area (Å²) in [5.74, 6) is 0.655. The van der Waals surface area contributed by atoms with E-state index in [1.807, 2.05) is 6.92 Å². The molecule has 0 bridgehead atoms. The fraction of sp³-hybridized carbons (Fsp3) is 0.500. The second kappa shape index (κ2) is 6.81. The summed E-state index contributed by atoms with van der Waals surface area (Å²) in [6, 6.07) is 6.44. The fourth-order valence-corrected chi connectivity index (χ4v) is 4.81. The predicted octanol–water partition coefficient (Wildman–Crippen LogP) is 2.13. The molecule has 0 aromatic heterocycles. The van der Waals surface area contributed by atoms with Crippen molar-refractivity contribution in [1.82, 2.24) is 4.31 Å². The maximum Gasteiger partial charge on any atom is 0.243 e. The van der Waals surface area contributed by atoms with Crippen molar-refractivity contribution in [2.24, 2.45) is 0 Å². The smallest absolute Gasteiger partial charge is 0.243 e. The second-order valence-corrected chi connectivity index (χ2v) is 8.20. The largest absolute Gasteiger partial charge is 0.494 e. The van der Waals surface area contributed by atoms with Crippen LogP contribution in [0.2, 0.25) is 0 Å². The molecule has 0 saturated carbocycles. The Hall–Kier alpha value is -1.05. The minimum atomic E-state index is -3.49. The van der Waals surface area contributed by atoms with E-state index in [0.29, 0.717) is 31.9 Å². The fourth-order valence-electron chi connectivity index (χ4n) is 2.27. The lowest BCUT2D eigenvalue weighted by atomic mass is 10.3. The third-order valence-electron chi connectivity index (χ3n) is 3.21. The molecule has 1 aliphatic heterocycles. The highest BCUT2D eigenvalue weighted by atomic mass is 32.2. The number of hydrogen-bond donors (Lipinski definition) is 0. The van der Waals surface area contributed by atoms with Crippen molar-refractivity contribution in [1.29, 1.82) is 0 Å². The maximum atomic E-state index is 12.5. The summed E-state index contributed by atoms with van der Waals surface area (Å²) in [6.45, 7) is 4.78. The van der Waals surface area contributed by atoms with Gasteiger partial charge in [-0.1, -0.05) is 11.8 Å². The molecular weight excluding hydrogens is 310 g/mol. The SMILES string of the molecule is CCOc1ccc(S(=O)(=O)N2CC[C@H](SC(C)=O)C2)cc1. The van der Waals surface area contributed by atoms with Gasteiger partial charge < -0.3 is 4.74 Å². The number of carbonyl (C=O) groups is 1. The summed E-state index contributed by atoms with van der Waals surface area (Å²) in [4.78, 5) is 11.4. The molecule has 7 heteroatoms. The van der Waals surface area contributed by atoms with E-state index in [9.17, 15) is 13.2 Å². The van der Waals surface area contributed by atoms with Crippen LogP contribution in [0.25, 0.3) is 0 Å². The van der Waals surface area contributed by atoms with Crippen molar-refractivity contribution in [3.63, 3.8) is 0 Å². The third kappa shape index (κ3) is 3.99. The van der Waals surface area contributed by atoms with Gasteiger partial charge in [0.05, 0.1) is 11.5 Å². The van der Waals surface area contributed by atoms with Crippen molar-refractivity contribution in [2.75, 3.05) is 19.7 Å². The van der Waals surface area contributed by atoms with E-state index < -0.39 is 10.0 Å². The van der Waals surface area contributed by atoms with Crippen LogP contribution in [-0.2, 0) is 14.8 Å². The van der Waals surface area contributed by atoms with Crippen LogP contribution in [0.15, 0.2) is 29.2 Å². The first-order valence-corrected chi connectivity index (χ1v) is 9.15. The summed E-state index contributed by atoms with van der Waals surface area (Å²) < 4.78 is 31.8. The Balaban J connectivity index is 2.09. The van der Waals surface area contributed by atoms with Gasteiger partial charge in [0.2, 0.25) is 10.0 Å². The van der Waals surface area contributed by atoms with Gasteiger partial charge in [0.15, 0.2) is 5.12 Å². The molecule has 0 aliphatic carbocycles. The third-order valence-corrected chi connectivity index (χ3v) is 6.14. The summed E-state index contributed by atoms with van der Waals surface area (Å²) in [7, 11) is -3.49. The van der Waals surface area contributed by atoms with Crippen molar-refractivity contribution >= 4 is 26.9 Å². The summed E-state index contributed by atoms with van der Waals surface area (Å²) >= 11 is 1.22. The lowest BCUT2D eigenvalue weighted by Gasteiger charge is -2.16. The number of hydrogen-bond acceptors (Lipinski definition) is 5. The number of rotatable bonds is 5. The zero-order chi connectivity index (χ0) is 15.5. The van der Waals surface area contributed by atoms with Gasteiger partial charge in [-0.25, -0.2) is 8.42 Å². The normalized spacial score (nSPS) is 19.6. The number of nitrogens with zero attached hydrogens (tertiary/aromatic N) is 1. The van der Waals surface area contributed by atoms with E-state index in [4.69, 9.17) is 4.74 Å². The Kier molecular flexibility index (Phi) is 5.29. The molecule has 1 aliphatic rings. The molecule has 5 nitrogen and oxygen atoms in total. The maximum absolute atomic E-state index is 12.5. The molecule has 21 heavy (non-hydrogen) atoms. The Labute approximate surface area is 129 Å². The molecular formula is C14H19NO4S2. The minimum absolute atomic E-state index is 0.0281. The lowest BCUT2D eigenvalue weighted by Crippen LogP contribution is -2.29. The van der Waals surface area contributed by atoms with Crippen LogP contribution < -0.4 is 4.74 Å². The summed E-state index contributed by atoms with van der Waals surface area (Å²) in [6.07, 6.45) is 0.709. The van der Waals surface area contributed by atoms with Gasteiger partial charge in [-0.15, -0.1) is 0 Å². The Bertz CT molecular complexity index is 598. The minimum Gasteiger partial charge on any atom is -0.494 e. The van der Waals surface area contributed by atoms with E-state index in [2.05, 4.69) is 0 Å². The number of thioether (sulfide) groups is 1. The Morgan fingerprint density at radius 2 is 2.05 bits per heavy atom. The van der Waals surface area contributed by atoms with E-state index in [1.165, 1.54) is 23.0 Å². The Morgan fingerprint density at radius 3 is 2.62 bits per heavy atom. The molecule has 1 saturated heterocycles. The second-order valence-electron chi connectivity index (χ2n) is 4.79. The van der Waals surface area contributed by atoms with Crippen molar-refractivity contribution < 1.29 is 17.9 Å². The zero-order valence-electron chi connectivity index (χ0n) is 12.1. The van der Waals surface area contributed by atoms with Gasteiger partial charge in [0.25, 0.3) is 0 Å². The van der Waals surface area contributed by atoms with Crippen molar-refractivity contribution in [2.45, 2.75) is 30.4 Å². The highest BCUT2D eigenvalue weighted by molar-refractivity contribution is 8.14. The molecule has 1 atom stereocenters. The lowest BCUT2D eigenvalue weighted by molar-refractivity contribution is -0.109. The standard InChI is InChI=1S/C14H19NO4S2/c1-3-19-12-4-6-14(7-5-12)21(17,18)15-9-8-13(10-15)20-11(2)16/h4-7,13H,3,8-10H2,1-2H3/t13-/m0/s1. The first-order chi connectivity index (χ1) is 9.93. The quantitative estimate of drug-likeness (QED) is 0.828. The van der Waals surface area contributed by atoms with Gasteiger partial charge in [-0.2, -0.15) is 4.31 Å². The number of benzene rings is 1. The number of ether oxygens (including phenoxy) is 1. The van der Waals surface area contributed by atoms with Crippen LogP contribution in [0.5, 0.6) is 5.75 Å². The van der Waals surface area contributed by atoms with Crippen LogP contribution in [0, 0.1) is 0 Å². The van der Waals surface area contributed by atoms with E-state index in [-0.39, 0.29) is 15.3 Å². The van der Waals surface area contributed by atoms with Crippen LogP contribution in [0.4, 0.5) is 0 Å². The van der Waals surface area contributed by atoms with Gasteiger partial charge in [-0.3, -0.25) is 4.79 Å². The van der Waals surface area contributed by atoms with Crippen LogP contribution in [0.3, 0.4) is 0 Å². The molecule has 1 aromatic rings. The topological polar surface area (TPSA) is 63.7 Å². The first-order valence-electron chi connectivity index (χ1n) is 6.83. The zero-order valence-corrected chi connectivity index (χ0v) is 13.7. The molecule has 1 aromatic carbocycles. The Morgan fingerprint density at radius 1 is 1.38 bits per heavy atom. The average Bonchev–Trinajstić information content (AvgIpc) is 2.88. The van der Waals surface area contributed by atoms with E-state index >= 15 is 0 Å². The number of sulfonamides is 1. The molecule has 0 amide bonds. The highest BCUT2D eigenvalue weighted by Gasteiger charge is 2.33. The van der Waals surface area contributed by atoms with Crippen molar-refractivity contribution in [3.05, 3.63) is 24.3 Å². The van der Waals surface area contributed by atoms with E-state index in [1.54, 1.807) is 24.3 Å². The van der Waals surface area contributed by atoms with E-state index in [0.717, 1.165) is 0 Å². The molecule has 1 heterocycles. The summed E-state index contributed by atoms with van der Waals surface area (Å²) in [5.41, 5.74) is 0. The van der Waals surface area contributed by atoms with Crippen LogP contribution in [0.1, 0.15) is 20.3 Å².